The highest BCUT2D eigenvalue weighted by Crippen LogP contribution is 2.67. The smallest absolute Gasteiger partial charge is 0.305 e. The maximum absolute atomic E-state index is 13.4. The monoisotopic (exact) mass is 404 g/mol. The van der Waals surface area contributed by atoms with Gasteiger partial charge in [0.15, 0.2) is 0 Å². The second-order valence-corrected chi connectivity index (χ2v) is 11.4. The number of methoxy groups -OCH3 is 1. The Bertz CT molecular complexity index is 659. The number of ether oxygens (including phenoxy) is 1. The van der Waals surface area contributed by atoms with Crippen molar-refractivity contribution < 1.29 is 19.4 Å². The molecule has 0 spiro atoms. The minimum absolute atomic E-state index is 0.110. The second-order valence-electron chi connectivity index (χ2n) is 11.4. The Morgan fingerprint density at radius 1 is 1.14 bits per heavy atom. The molecule has 0 aromatic rings. The molecule has 4 rings (SSSR count). The fraction of sp³-hybridized carbons (Fsp3) is 0.920. The quantitative estimate of drug-likeness (QED) is 0.685. The highest BCUT2D eigenvalue weighted by Gasteiger charge is 2.62. The lowest BCUT2D eigenvalue weighted by molar-refractivity contribution is -0.160. The predicted molar refractivity (Wildman–Crippen MR) is 112 cm³/mol. The molecule has 164 valence electrons. The van der Waals surface area contributed by atoms with Gasteiger partial charge in [-0.1, -0.05) is 20.8 Å². The number of hydrogen-bond acceptors (Lipinski definition) is 4. The molecule has 4 heteroatoms. The molecule has 1 N–H and O–H groups in total. The van der Waals surface area contributed by atoms with Crippen LogP contribution in [-0.2, 0) is 14.3 Å². The van der Waals surface area contributed by atoms with Crippen LogP contribution in [-0.4, -0.2) is 30.1 Å². The Morgan fingerprint density at radius 3 is 2.55 bits per heavy atom. The normalized spacial score (nSPS) is 47.7. The number of rotatable bonds is 4. The van der Waals surface area contributed by atoms with E-state index in [-0.39, 0.29) is 28.8 Å². The van der Waals surface area contributed by atoms with Gasteiger partial charge < -0.3 is 9.84 Å². The molecule has 4 aliphatic rings. The molecular weight excluding hydrogens is 364 g/mol. The lowest BCUT2D eigenvalue weighted by atomic mass is 9.44. The first-order valence-electron chi connectivity index (χ1n) is 12.0. The predicted octanol–water partition coefficient (Wildman–Crippen LogP) is 4.77. The molecule has 4 nitrogen and oxygen atoms in total. The van der Waals surface area contributed by atoms with Crippen LogP contribution in [0.5, 0.6) is 0 Å². The van der Waals surface area contributed by atoms with Gasteiger partial charge in [0.1, 0.15) is 5.78 Å². The van der Waals surface area contributed by atoms with Crippen molar-refractivity contribution in [1.29, 1.82) is 0 Å². The zero-order chi connectivity index (χ0) is 21.0. The second kappa shape index (κ2) is 7.66. The summed E-state index contributed by atoms with van der Waals surface area (Å²) in [4.78, 5) is 25.0. The lowest BCUT2D eigenvalue weighted by Gasteiger charge is -2.60. The summed E-state index contributed by atoms with van der Waals surface area (Å²) in [5.74, 6) is 3.08. The number of carbonyl (C=O) groups is 2. The molecule has 4 aliphatic carbocycles. The fourth-order valence-electron chi connectivity index (χ4n) is 8.53. The number of ketones is 1. The Kier molecular flexibility index (Phi) is 5.63. The Morgan fingerprint density at radius 2 is 1.83 bits per heavy atom. The molecule has 4 saturated carbocycles. The van der Waals surface area contributed by atoms with E-state index in [4.69, 9.17) is 4.74 Å². The average molecular weight is 405 g/mol. The first-order chi connectivity index (χ1) is 13.7. The van der Waals surface area contributed by atoms with E-state index in [0.29, 0.717) is 48.2 Å². The summed E-state index contributed by atoms with van der Waals surface area (Å²) in [5.41, 5.74) is 0.456. The average Bonchev–Trinajstić information content (AvgIpc) is 3.04. The molecule has 0 aromatic heterocycles. The zero-order valence-corrected chi connectivity index (χ0v) is 18.8. The van der Waals surface area contributed by atoms with Gasteiger partial charge in [0.25, 0.3) is 0 Å². The summed E-state index contributed by atoms with van der Waals surface area (Å²) < 4.78 is 4.85. The van der Waals surface area contributed by atoms with Crippen molar-refractivity contribution in [2.75, 3.05) is 7.11 Å². The van der Waals surface area contributed by atoms with Crippen molar-refractivity contribution >= 4 is 11.8 Å². The Labute approximate surface area is 176 Å². The van der Waals surface area contributed by atoms with Gasteiger partial charge in [-0.3, -0.25) is 9.59 Å². The van der Waals surface area contributed by atoms with Crippen LogP contribution in [0.1, 0.15) is 85.0 Å². The highest BCUT2D eigenvalue weighted by atomic mass is 16.5. The van der Waals surface area contributed by atoms with Gasteiger partial charge >= 0.3 is 5.97 Å². The molecular formula is C25H40O4. The molecule has 29 heavy (non-hydrogen) atoms. The molecule has 0 bridgehead atoms. The van der Waals surface area contributed by atoms with E-state index >= 15 is 0 Å². The van der Waals surface area contributed by atoms with Crippen molar-refractivity contribution in [3.63, 3.8) is 0 Å². The van der Waals surface area contributed by atoms with Crippen LogP contribution in [0, 0.1) is 46.3 Å². The molecule has 0 amide bonds. The molecule has 4 fully saturated rings. The number of hydrogen-bond donors (Lipinski definition) is 1. The van der Waals surface area contributed by atoms with E-state index in [9.17, 15) is 14.7 Å². The topological polar surface area (TPSA) is 63.6 Å². The van der Waals surface area contributed by atoms with Gasteiger partial charge in [-0.15, -0.1) is 0 Å². The molecule has 0 aromatic carbocycles. The maximum Gasteiger partial charge on any atom is 0.305 e. The standard InChI is InChI=1S/C25H40O4/c1-15(5-8-22(28)29-4)18-6-7-19-23-20(10-12-25(18,19)3)24(2)11-9-17(26)13-16(24)14-21(23)27/h15-20,23,26H,5-14H2,1-4H3/t15-,16-,17+,18?,19-,20-,23-,24-,25+/m0/s1. The van der Waals surface area contributed by atoms with Crippen molar-refractivity contribution in [2.45, 2.75) is 91.1 Å². The van der Waals surface area contributed by atoms with Gasteiger partial charge in [0.05, 0.1) is 13.2 Å². The summed E-state index contributed by atoms with van der Waals surface area (Å²) in [6.07, 6.45) is 9.40. The third-order valence-corrected chi connectivity index (χ3v) is 10.2. The number of carbonyl (C=O) groups excluding carboxylic acids is 2. The number of fused-ring (bicyclic) bond motifs is 5. The van der Waals surface area contributed by atoms with Crippen LogP contribution >= 0.6 is 0 Å². The van der Waals surface area contributed by atoms with Crippen LogP contribution in [0.15, 0.2) is 0 Å². The Balaban J connectivity index is 1.53. The van der Waals surface area contributed by atoms with E-state index < -0.39 is 0 Å². The molecule has 0 aliphatic heterocycles. The maximum atomic E-state index is 13.4. The SMILES string of the molecule is COC(=O)CC[C@H](C)C1CC[C@H]2[C@@H]3C(=O)C[C@@H]4C[C@H](O)CC[C@]4(C)[C@H]3CC[C@]12C. The van der Waals surface area contributed by atoms with Crippen LogP contribution in [0.2, 0.25) is 0 Å². The van der Waals surface area contributed by atoms with E-state index in [0.717, 1.165) is 32.1 Å². The summed E-state index contributed by atoms with van der Waals surface area (Å²) in [6.45, 7) is 7.18. The van der Waals surface area contributed by atoms with Gasteiger partial charge in [-0.2, -0.15) is 0 Å². The minimum Gasteiger partial charge on any atom is -0.469 e. The van der Waals surface area contributed by atoms with Crippen molar-refractivity contribution in [1.82, 2.24) is 0 Å². The molecule has 0 saturated heterocycles. The Hall–Kier alpha value is -0.900. The summed E-state index contributed by atoms with van der Waals surface area (Å²) in [5, 5.41) is 10.2. The first kappa shape index (κ1) is 21.3. The van der Waals surface area contributed by atoms with Crippen molar-refractivity contribution in [3.05, 3.63) is 0 Å². The van der Waals surface area contributed by atoms with E-state index in [1.165, 1.54) is 26.4 Å². The zero-order valence-electron chi connectivity index (χ0n) is 18.8. The van der Waals surface area contributed by atoms with Crippen LogP contribution in [0.3, 0.4) is 0 Å². The minimum atomic E-state index is -0.210. The van der Waals surface area contributed by atoms with Gasteiger partial charge in [0.2, 0.25) is 0 Å². The van der Waals surface area contributed by atoms with E-state index in [1.54, 1.807) is 0 Å². The van der Waals surface area contributed by atoms with E-state index in [2.05, 4.69) is 20.8 Å². The highest BCUT2D eigenvalue weighted by molar-refractivity contribution is 5.83. The molecule has 9 atom stereocenters. The molecule has 0 radical (unpaired) electrons. The first-order valence-corrected chi connectivity index (χ1v) is 12.0. The summed E-state index contributed by atoms with van der Waals surface area (Å²) in [6, 6.07) is 0. The van der Waals surface area contributed by atoms with Crippen LogP contribution in [0.25, 0.3) is 0 Å². The number of aliphatic hydroxyl groups excluding tert-OH is 1. The van der Waals surface area contributed by atoms with Gasteiger partial charge in [-0.25, -0.2) is 0 Å². The van der Waals surface area contributed by atoms with Crippen LogP contribution in [0.4, 0.5) is 0 Å². The van der Waals surface area contributed by atoms with Crippen molar-refractivity contribution in [2.24, 2.45) is 46.3 Å². The summed E-state index contributed by atoms with van der Waals surface area (Å²) in [7, 11) is 1.47. The largest absolute Gasteiger partial charge is 0.469 e. The lowest BCUT2D eigenvalue weighted by Crippen LogP contribution is -2.57. The van der Waals surface area contributed by atoms with Gasteiger partial charge in [0, 0.05) is 18.8 Å². The molecule has 1 unspecified atom stereocenters. The number of aliphatic hydroxyl groups is 1. The van der Waals surface area contributed by atoms with Crippen LogP contribution < -0.4 is 0 Å². The van der Waals surface area contributed by atoms with E-state index in [1.807, 2.05) is 0 Å². The van der Waals surface area contributed by atoms with Gasteiger partial charge in [-0.05, 0) is 91.8 Å². The third-order valence-electron chi connectivity index (χ3n) is 10.2. The molecule has 0 heterocycles. The fourth-order valence-corrected chi connectivity index (χ4v) is 8.53. The van der Waals surface area contributed by atoms with Crippen molar-refractivity contribution in [3.8, 4) is 0 Å². The number of esters is 1. The summed E-state index contributed by atoms with van der Waals surface area (Å²) >= 11 is 0. The number of Topliss-reactive ketones (excluding diaryl/α,β-unsaturated/α-hetero) is 1. The third kappa shape index (κ3) is 3.38.